The Balaban J connectivity index is 2.05. The average Bonchev–Trinajstić information content (AvgIpc) is 2.67. The molecule has 0 saturated heterocycles. The molecule has 0 saturated carbocycles. The number of carbonyl (C=O) groups is 1. The van der Waals surface area contributed by atoms with Gasteiger partial charge in [0, 0.05) is 22.8 Å². The Bertz CT molecular complexity index is 872. The zero-order valence-electron chi connectivity index (χ0n) is 18.1. The first-order valence-electron chi connectivity index (χ1n) is 9.91. The summed E-state index contributed by atoms with van der Waals surface area (Å²) in [5.41, 5.74) is 1.36. The number of hydrogen-bond donors (Lipinski definition) is 1. The first kappa shape index (κ1) is 23.8. The van der Waals surface area contributed by atoms with Gasteiger partial charge < -0.3 is 14.7 Å². The lowest BCUT2D eigenvalue weighted by Crippen LogP contribution is -2.40. The van der Waals surface area contributed by atoms with Crippen LogP contribution in [-0.4, -0.2) is 38.6 Å². The second-order valence-corrected chi connectivity index (χ2v) is 9.91. The van der Waals surface area contributed by atoms with Crippen molar-refractivity contribution in [3.63, 3.8) is 0 Å². The molecule has 2 aromatic rings. The zero-order chi connectivity index (χ0) is 22.3. The van der Waals surface area contributed by atoms with Gasteiger partial charge in [-0.05, 0) is 45.4 Å². The van der Waals surface area contributed by atoms with Crippen LogP contribution in [0.5, 0.6) is 0 Å². The molecule has 2 aromatic carbocycles. The summed E-state index contributed by atoms with van der Waals surface area (Å²) in [7, 11) is -1.43. The predicted molar refractivity (Wildman–Crippen MR) is 120 cm³/mol. The quantitative estimate of drug-likeness (QED) is 0.654. The number of hydrogen-bond acceptors (Lipinski definition) is 4. The first-order valence-corrected chi connectivity index (χ1v) is 11.1. The molecule has 0 aromatic heterocycles. The van der Waals surface area contributed by atoms with Crippen LogP contribution in [0.25, 0.3) is 0 Å². The van der Waals surface area contributed by atoms with Crippen LogP contribution in [0.3, 0.4) is 0 Å². The molecular weight excluding hydrogens is 398 g/mol. The van der Waals surface area contributed by atoms with Crippen molar-refractivity contribution >= 4 is 16.9 Å². The average molecular weight is 430 g/mol. The summed E-state index contributed by atoms with van der Waals surface area (Å²) in [6.45, 7) is 11.6. The third kappa shape index (κ3) is 7.76. The van der Waals surface area contributed by atoms with Crippen molar-refractivity contribution in [2.24, 2.45) is 0 Å². The van der Waals surface area contributed by atoms with Crippen LogP contribution < -0.4 is 0 Å². The molecule has 0 aliphatic carbocycles. The van der Waals surface area contributed by atoms with E-state index in [4.69, 9.17) is 4.74 Å². The standard InChI is InChI=1S/C24H31NO4S/c1-18-11-13-22(14-12-18)30(28)19(2)15-21(26)17-25(23(27)29-24(3,4)5)16-20-9-7-6-8-10-20/h6-14,21,26H,2,15-17H2,1,3-5H3/t21-,30?/m1/s1. The van der Waals surface area contributed by atoms with Gasteiger partial charge in [0.2, 0.25) is 0 Å². The molecule has 1 unspecified atom stereocenters. The van der Waals surface area contributed by atoms with Crippen molar-refractivity contribution in [2.45, 2.75) is 57.3 Å². The summed E-state index contributed by atoms with van der Waals surface area (Å²) >= 11 is 0. The second-order valence-electron chi connectivity index (χ2n) is 8.32. The van der Waals surface area contributed by atoms with Gasteiger partial charge in [-0.25, -0.2) is 9.00 Å². The molecule has 0 bridgehead atoms. The summed E-state index contributed by atoms with van der Waals surface area (Å²) in [5, 5.41) is 10.6. The van der Waals surface area contributed by atoms with E-state index in [1.165, 1.54) is 4.90 Å². The van der Waals surface area contributed by atoms with Gasteiger partial charge in [0.1, 0.15) is 5.60 Å². The highest BCUT2D eigenvalue weighted by Gasteiger charge is 2.25. The fourth-order valence-electron chi connectivity index (χ4n) is 2.82. The SMILES string of the molecule is C=C(C[C@@H](O)CN(Cc1ccccc1)C(=O)OC(C)(C)C)S(=O)c1ccc(C)cc1. The molecule has 1 N–H and O–H groups in total. The number of rotatable bonds is 8. The fraction of sp³-hybridized carbons (Fsp3) is 0.375. The van der Waals surface area contributed by atoms with Crippen LogP contribution in [-0.2, 0) is 22.1 Å². The summed E-state index contributed by atoms with van der Waals surface area (Å²) < 4.78 is 18.2. The fourth-order valence-corrected chi connectivity index (χ4v) is 3.88. The number of amides is 1. The van der Waals surface area contributed by atoms with E-state index in [2.05, 4.69) is 6.58 Å². The Morgan fingerprint density at radius 2 is 1.73 bits per heavy atom. The highest BCUT2D eigenvalue weighted by Crippen LogP contribution is 2.20. The summed E-state index contributed by atoms with van der Waals surface area (Å²) in [5.74, 6) is 0. The molecule has 0 radical (unpaired) electrons. The normalized spacial score (nSPS) is 13.4. The molecule has 2 atom stereocenters. The number of carbonyl (C=O) groups excluding carboxylic acids is 1. The van der Waals surface area contributed by atoms with E-state index in [1.54, 1.807) is 32.9 Å². The van der Waals surface area contributed by atoms with Gasteiger partial charge in [-0.1, -0.05) is 54.6 Å². The van der Waals surface area contributed by atoms with E-state index < -0.39 is 28.6 Å². The Morgan fingerprint density at radius 3 is 2.30 bits per heavy atom. The lowest BCUT2D eigenvalue weighted by Gasteiger charge is -2.29. The number of ether oxygens (including phenoxy) is 1. The number of benzene rings is 2. The van der Waals surface area contributed by atoms with Crippen LogP contribution >= 0.6 is 0 Å². The minimum atomic E-state index is -1.43. The van der Waals surface area contributed by atoms with E-state index in [9.17, 15) is 14.1 Å². The van der Waals surface area contributed by atoms with Gasteiger partial charge in [-0.3, -0.25) is 0 Å². The lowest BCUT2D eigenvalue weighted by atomic mass is 10.2. The van der Waals surface area contributed by atoms with Gasteiger partial charge in [0.15, 0.2) is 0 Å². The van der Waals surface area contributed by atoms with Gasteiger partial charge in [0.05, 0.1) is 23.4 Å². The lowest BCUT2D eigenvalue weighted by molar-refractivity contribution is 0.0128. The summed E-state index contributed by atoms with van der Waals surface area (Å²) in [6.07, 6.45) is -1.30. The molecular formula is C24H31NO4S. The van der Waals surface area contributed by atoms with Crippen molar-refractivity contribution in [2.75, 3.05) is 6.54 Å². The maximum atomic E-state index is 12.7. The highest BCUT2D eigenvalue weighted by molar-refractivity contribution is 7.89. The Hall–Kier alpha value is -2.44. The van der Waals surface area contributed by atoms with E-state index in [1.807, 2.05) is 49.4 Å². The van der Waals surface area contributed by atoms with Gasteiger partial charge >= 0.3 is 6.09 Å². The van der Waals surface area contributed by atoms with Gasteiger partial charge in [-0.15, -0.1) is 0 Å². The van der Waals surface area contributed by atoms with Crippen LogP contribution in [0, 0.1) is 6.92 Å². The molecule has 1 amide bonds. The molecule has 0 heterocycles. The maximum Gasteiger partial charge on any atom is 0.410 e. The molecule has 6 heteroatoms. The largest absolute Gasteiger partial charge is 0.444 e. The third-order valence-corrected chi connectivity index (χ3v) is 5.65. The first-order chi connectivity index (χ1) is 14.0. The number of aryl methyl sites for hydroxylation is 1. The Morgan fingerprint density at radius 1 is 1.13 bits per heavy atom. The molecule has 0 spiro atoms. The van der Waals surface area contributed by atoms with Crippen LogP contribution in [0.15, 0.2) is 71.0 Å². The number of nitrogens with zero attached hydrogens (tertiary/aromatic N) is 1. The Labute approximate surface area is 181 Å². The van der Waals surface area contributed by atoms with Gasteiger partial charge in [-0.2, -0.15) is 0 Å². The minimum Gasteiger partial charge on any atom is -0.444 e. The van der Waals surface area contributed by atoms with Crippen molar-refractivity contribution in [1.82, 2.24) is 4.90 Å². The van der Waals surface area contributed by atoms with E-state index >= 15 is 0 Å². The van der Waals surface area contributed by atoms with Crippen LogP contribution in [0.2, 0.25) is 0 Å². The van der Waals surface area contributed by atoms with E-state index in [0.717, 1.165) is 11.1 Å². The molecule has 30 heavy (non-hydrogen) atoms. The van der Waals surface area contributed by atoms with E-state index in [-0.39, 0.29) is 13.0 Å². The molecule has 162 valence electrons. The summed E-state index contributed by atoms with van der Waals surface area (Å²) in [4.78, 5) is 15.2. The maximum absolute atomic E-state index is 12.7. The van der Waals surface area contributed by atoms with E-state index in [0.29, 0.717) is 16.3 Å². The van der Waals surface area contributed by atoms with Crippen molar-refractivity contribution < 1.29 is 18.8 Å². The molecule has 5 nitrogen and oxygen atoms in total. The second kappa shape index (κ2) is 10.5. The number of aliphatic hydroxyl groups is 1. The predicted octanol–water partition coefficient (Wildman–Crippen LogP) is 4.80. The summed E-state index contributed by atoms with van der Waals surface area (Å²) in [6, 6.07) is 16.9. The van der Waals surface area contributed by atoms with Crippen molar-refractivity contribution in [1.29, 1.82) is 0 Å². The molecule has 0 fully saturated rings. The minimum absolute atomic E-state index is 0.0495. The third-order valence-electron chi connectivity index (χ3n) is 4.26. The molecule has 2 rings (SSSR count). The van der Waals surface area contributed by atoms with Crippen molar-refractivity contribution in [3.05, 3.63) is 77.2 Å². The van der Waals surface area contributed by atoms with Crippen LogP contribution in [0.1, 0.15) is 38.3 Å². The highest BCUT2D eigenvalue weighted by atomic mass is 32.2. The topological polar surface area (TPSA) is 66.8 Å². The monoisotopic (exact) mass is 429 g/mol. The smallest absolute Gasteiger partial charge is 0.410 e. The van der Waals surface area contributed by atoms with Crippen LogP contribution in [0.4, 0.5) is 4.79 Å². The molecule has 0 aliphatic heterocycles. The zero-order valence-corrected chi connectivity index (χ0v) is 18.9. The number of aliphatic hydroxyl groups excluding tert-OH is 1. The van der Waals surface area contributed by atoms with Gasteiger partial charge in [0.25, 0.3) is 0 Å². The molecule has 0 aliphatic rings. The Kier molecular flexibility index (Phi) is 8.38. The van der Waals surface area contributed by atoms with Crippen molar-refractivity contribution in [3.8, 4) is 0 Å².